The predicted molar refractivity (Wildman–Crippen MR) is 426 cm³/mol. The lowest BCUT2D eigenvalue weighted by atomic mass is 9.85. The SMILES string of the molecule is COc1ccc2c(c1)C(=O)N(C[C@@]1(C#Cc3ccc(-c4nc(-c5cccnc5)ccc4O)cc3)CC(=O)NC1=O)C2.Cc1ccc(-c2cccnc2)nc1-c1ccc(Br)cc1.Cc1ccc(-c2cccnc2)nc1Br.Cc1ccc(I)nc1Br.Oc1ccc(-c2cccnc2)nc1-c1ccc(Br)cc1. The van der Waals surface area contributed by atoms with Gasteiger partial charge in [0.25, 0.3) is 5.91 Å². The molecule has 15 rings (SSSR count). The number of hydrogen-bond donors (Lipinski definition) is 3. The summed E-state index contributed by atoms with van der Waals surface area (Å²) in [6.07, 6.45) is 13.9. The molecule has 0 bridgehead atoms. The molecule has 11 heterocycles. The van der Waals surface area contributed by atoms with Gasteiger partial charge in [0.2, 0.25) is 11.8 Å². The molecule has 9 aromatic heterocycles. The largest absolute Gasteiger partial charge is 0.506 e. The Morgan fingerprint density at radius 1 is 0.500 bits per heavy atom. The fourth-order valence-electron chi connectivity index (χ4n) is 10.8. The number of benzene rings is 4. The Morgan fingerprint density at radius 3 is 1.37 bits per heavy atom. The van der Waals surface area contributed by atoms with Gasteiger partial charge in [-0.2, -0.15) is 0 Å². The highest BCUT2D eigenvalue weighted by Gasteiger charge is 2.48. The second-order valence-corrected chi connectivity index (χ2v) is 28.1. The van der Waals surface area contributed by atoms with Crippen LogP contribution in [0.3, 0.4) is 0 Å². The zero-order chi connectivity index (χ0) is 73.3. The van der Waals surface area contributed by atoms with E-state index in [1.54, 1.807) is 103 Å². The van der Waals surface area contributed by atoms with Crippen molar-refractivity contribution < 1.29 is 29.3 Å². The molecule has 3 N–H and O–H groups in total. The third-order valence-electron chi connectivity index (χ3n) is 16.4. The Hall–Kier alpha value is -10.6. The number of pyridine rings is 9. The molecule has 1 saturated heterocycles. The molecule has 0 saturated carbocycles. The minimum Gasteiger partial charge on any atom is -0.506 e. The van der Waals surface area contributed by atoms with Crippen LogP contribution >= 0.6 is 86.3 Å². The van der Waals surface area contributed by atoms with Crippen LogP contribution in [0, 0.1) is 41.7 Å². The van der Waals surface area contributed by atoms with Gasteiger partial charge in [0.1, 0.15) is 47.0 Å². The maximum atomic E-state index is 13.1. The van der Waals surface area contributed by atoms with E-state index < -0.39 is 17.2 Å². The van der Waals surface area contributed by atoms with Crippen molar-refractivity contribution >= 4 is 104 Å². The van der Waals surface area contributed by atoms with E-state index in [1.807, 2.05) is 148 Å². The molecule has 0 aliphatic carbocycles. The van der Waals surface area contributed by atoms with E-state index in [4.69, 9.17) is 9.72 Å². The summed E-state index contributed by atoms with van der Waals surface area (Å²) < 4.78 is 10.1. The lowest BCUT2D eigenvalue weighted by Crippen LogP contribution is -2.42. The summed E-state index contributed by atoms with van der Waals surface area (Å²) in [5, 5.41) is 22.8. The Kier molecular flexibility index (Phi) is 25.2. The van der Waals surface area contributed by atoms with Crippen LogP contribution in [-0.2, 0) is 16.1 Å². The number of carbonyl (C=O) groups is 3. The minimum atomic E-state index is -1.38. The Morgan fingerprint density at radius 2 is 0.933 bits per heavy atom. The van der Waals surface area contributed by atoms with E-state index in [0.717, 1.165) is 89.1 Å². The fraction of sp³-hybridized carbons (Fsp3) is 0.0976. The Bertz CT molecular complexity index is 5150. The molecule has 1 fully saturated rings. The third kappa shape index (κ3) is 19.2. The van der Waals surface area contributed by atoms with Crippen LogP contribution in [0.15, 0.2) is 268 Å². The van der Waals surface area contributed by atoms with Crippen molar-refractivity contribution in [2.75, 3.05) is 13.7 Å². The third-order valence-corrected chi connectivity index (χ3v) is 19.6. The number of methoxy groups -OCH3 is 1. The highest BCUT2D eigenvalue weighted by Crippen LogP contribution is 2.37. The minimum absolute atomic E-state index is 0.0234. The molecular formula is C82H62Br4IN11O6. The average molecular weight is 1740 g/mol. The van der Waals surface area contributed by atoms with E-state index in [0.29, 0.717) is 46.1 Å². The van der Waals surface area contributed by atoms with Gasteiger partial charge in [-0.1, -0.05) is 104 Å². The number of fused-ring (bicyclic) bond motifs is 1. The van der Waals surface area contributed by atoms with Crippen LogP contribution in [0.1, 0.15) is 44.6 Å². The summed E-state index contributed by atoms with van der Waals surface area (Å²) in [6.45, 7) is 6.41. The monoisotopic (exact) mass is 1740 g/mol. The number of ether oxygens (including phenoxy) is 1. The summed E-state index contributed by atoms with van der Waals surface area (Å²) in [5.41, 5.74) is 15.9. The summed E-state index contributed by atoms with van der Waals surface area (Å²) in [7, 11) is 1.53. The van der Waals surface area contributed by atoms with Crippen LogP contribution in [0.25, 0.3) is 78.8 Å². The van der Waals surface area contributed by atoms with Crippen molar-refractivity contribution in [3.63, 3.8) is 0 Å². The molecule has 0 radical (unpaired) electrons. The number of nitrogens with one attached hydrogen (secondary N) is 1. The predicted octanol–water partition coefficient (Wildman–Crippen LogP) is 18.7. The second-order valence-electron chi connectivity index (χ2n) is 23.7. The number of carbonyl (C=O) groups excluding carboxylic acids is 3. The van der Waals surface area contributed by atoms with Crippen molar-refractivity contribution in [3.05, 3.63) is 305 Å². The molecule has 2 aliphatic heterocycles. The maximum Gasteiger partial charge on any atom is 0.254 e. The van der Waals surface area contributed by atoms with Crippen LogP contribution in [-0.4, -0.2) is 91.3 Å². The zero-order valence-electron chi connectivity index (χ0n) is 56.2. The number of aromatic nitrogens is 9. The van der Waals surface area contributed by atoms with Gasteiger partial charge in [-0.3, -0.25) is 39.6 Å². The Labute approximate surface area is 648 Å². The molecule has 17 nitrogen and oxygen atoms in total. The van der Waals surface area contributed by atoms with Gasteiger partial charge in [-0.05, 0) is 237 Å². The van der Waals surface area contributed by atoms with Gasteiger partial charge in [-0.25, -0.2) is 24.9 Å². The van der Waals surface area contributed by atoms with Crippen molar-refractivity contribution in [2.24, 2.45) is 5.41 Å². The zero-order valence-corrected chi connectivity index (χ0v) is 64.7. The molecule has 516 valence electrons. The summed E-state index contributed by atoms with van der Waals surface area (Å²) in [4.78, 5) is 78.9. The van der Waals surface area contributed by atoms with Gasteiger partial charge < -0.3 is 19.8 Å². The first-order valence-corrected chi connectivity index (χ1v) is 36.4. The molecule has 22 heteroatoms. The molecule has 104 heavy (non-hydrogen) atoms. The van der Waals surface area contributed by atoms with Crippen LogP contribution in [0.4, 0.5) is 0 Å². The fourth-order valence-corrected chi connectivity index (χ4v) is 12.7. The lowest BCUT2D eigenvalue weighted by molar-refractivity contribution is -0.127. The van der Waals surface area contributed by atoms with E-state index in [9.17, 15) is 24.6 Å². The van der Waals surface area contributed by atoms with Crippen molar-refractivity contribution in [2.45, 2.75) is 33.7 Å². The van der Waals surface area contributed by atoms with E-state index in [2.05, 4.69) is 168 Å². The highest BCUT2D eigenvalue weighted by molar-refractivity contribution is 14.1. The molecule has 2 aliphatic rings. The number of nitrogens with zero attached hydrogens (tertiary/aromatic N) is 10. The summed E-state index contributed by atoms with van der Waals surface area (Å²) in [5.74, 6) is 5.62. The Balaban J connectivity index is 0.000000144. The topological polar surface area (TPSA) is 232 Å². The van der Waals surface area contributed by atoms with Gasteiger partial charge in [0.05, 0.1) is 42.0 Å². The molecule has 0 unspecified atom stereocenters. The number of rotatable bonds is 10. The first-order chi connectivity index (χ1) is 50.3. The highest BCUT2D eigenvalue weighted by atomic mass is 127. The van der Waals surface area contributed by atoms with Crippen LogP contribution in [0.2, 0.25) is 0 Å². The maximum absolute atomic E-state index is 13.1. The van der Waals surface area contributed by atoms with E-state index in [-0.39, 0.29) is 30.4 Å². The van der Waals surface area contributed by atoms with Gasteiger partial charge in [0, 0.05) is 122 Å². The summed E-state index contributed by atoms with van der Waals surface area (Å²) in [6, 6.07) is 62.6. The van der Waals surface area contributed by atoms with Crippen LogP contribution in [0.5, 0.6) is 17.2 Å². The number of aromatic hydroxyl groups is 2. The van der Waals surface area contributed by atoms with Crippen molar-refractivity contribution in [1.82, 2.24) is 55.1 Å². The second kappa shape index (κ2) is 35.1. The number of amides is 3. The van der Waals surface area contributed by atoms with E-state index >= 15 is 0 Å². The lowest BCUT2D eigenvalue weighted by Gasteiger charge is -2.25. The normalized spacial score (nSPS) is 13.2. The number of halogens is 5. The standard InChI is InChI=1S/C32H24N4O5.C17H13BrN2.C16H11BrN2O.C11H9BrN2.C6H5BrIN/c1-41-24-9-8-23-18-36(30(39)25(23)15-24)19-32(16-28(38)35-31(32)40)13-12-20-4-6-21(7-5-20)29-27(37)11-10-26(34-29)22-3-2-14-33-17-22;1-12-4-9-16(14-3-2-10-19-11-14)20-17(12)13-5-7-15(18)8-6-13;17-13-5-3-11(4-6-13)16-15(20)8-7-14(19-16)12-2-1-9-18-10-12;1-8-4-5-10(14-11(8)12)9-3-2-6-13-7-9;1-4-2-3-5(8)9-6(4)7/h2-11,14-15,17,37H,16,18-19H2,1H3,(H,35,38,40);2-11H,1H3;1-10,20H;2-7H,1H3;2-3H,1H3/t32-;;;;/m1..../s1. The first kappa shape index (κ1) is 74.6. The molecule has 0 spiro atoms. The molecular weight excluding hydrogens is 1680 g/mol. The van der Waals surface area contributed by atoms with Gasteiger partial charge >= 0.3 is 0 Å². The van der Waals surface area contributed by atoms with E-state index in [1.165, 1.54) is 18.2 Å². The molecule has 3 amide bonds. The molecule has 13 aromatic rings. The van der Waals surface area contributed by atoms with Gasteiger partial charge in [0.15, 0.2) is 0 Å². The molecule has 1 atom stereocenters. The smallest absolute Gasteiger partial charge is 0.254 e. The quantitative estimate of drug-likeness (QED) is 0.0500. The van der Waals surface area contributed by atoms with Gasteiger partial charge in [-0.15, -0.1) is 0 Å². The average Bonchev–Trinajstić information content (AvgIpc) is 1.62. The number of imide groups is 1. The molecule has 4 aromatic carbocycles. The first-order valence-electron chi connectivity index (χ1n) is 32.2. The number of hydrogen-bond acceptors (Lipinski definition) is 15. The summed E-state index contributed by atoms with van der Waals surface area (Å²) >= 11 is 15.8. The van der Waals surface area contributed by atoms with Crippen molar-refractivity contribution in [3.8, 4) is 108 Å². The van der Waals surface area contributed by atoms with Crippen LogP contribution < -0.4 is 10.1 Å². The van der Waals surface area contributed by atoms with Crippen molar-refractivity contribution in [1.29, 1.82) is 0 Å². The number of aryl methyl sites for hydroxylation is 3.